The Kier molecular flexibility index (Phi) is 3.00. The Morgan fingerprint density at radius 3 is 2.88 bits per heavy atom. The van der Waals surface area contributed by atoms with Gasteiger partial charge in [0.15, 0.2) is 10.6 Å². The molecular formula is C8H7F2N5S. The number of halogens is 2. The van der Waals surface area contributed by atoms with E-state index in [1.165, 1.54) is 17.0 Å². The standard InChI is InChI=1S/C8H7F2N5S/c9-6(10)4-15-7(13-14-8(15)16)5-1-2-11-12-3-5/h1-3,6H,4H2,(H,14,16). The van der Waals surface area contributed by atoms with Gasteiger partial charge in [-0.1, -0.05) is 0 Å². The number of hydrogen-bond donors (Lipinski definition) is 1. The van der Waals surface area contributed by atoms with E-state index >= 15 is 0 Å². The van der Waals surface area contributed by atoms with Crippen LogP contribution in [0.25, 0.3) is 11.4 Å². The van der Waals surface area contributed by atoms with Gasteiger partial charge in [0.2, 0.25) is 0 Å². The molecule has 0 spiro atoms. The highest BCUT2D eigenvalue weighted by Gasteiger charge is 2.12. The summed E-state index contributed by atoms with van der Waals surface area (Å²) >= 11 is 4.87. The quantitative estimate of drug-likeness (QED) is 0.833. The van der Waals surface area contributed by atoms with Crippen molar-refractivity contribution in [3.63, 3.8) is 0 Å². The lowest BCUT2D eigenvalue weighted by Crippen LogP contribution is -2.08. The lowest BCUT2D eigenvalue weighted by molar-refractivity contribution is 0.126. The Morgan fingerprint density at radius 2 is 2.25 bits per heavy atom. The fourth-order valence-electron chi connectivity index (χ4n) is 1.27. The zero-order valence-electron chi connectivity index (χ0n) is 7.97. The van der Waals surface area contributed by atoms with Crippen LogP contribution in [0.2, 0.25) is 0 Å². The Bertz CT molecular complexity index is 521. The van der Waals surface area contributed by atoms with Crippen molar-refractivity contribution in [2.45, 2.75) is 13.0 Å². The molecule has 2 heterocycles. The summed E-state index contributed by atoms with van der Waals surface area (Å²) in [5, 5.41) is 13.6. The smallest absolute Gasteiger partial charge is 0.256 e. The molecule has 5 nitrogen and oxygen atoms in total. The van der Waals surface area contributed by atoms with Crippen LogP contribution in [0.4, 0.5) is 8.78 Å². The minimum absolute atomic E-state index is 0.159. The first-order valence-electron chi connectivity index (χ1n) is 4.39. The van der Waals surface area contributed by atoms with Crippen LogP contribution in [-0.4, -0.2) is 31.4 Å². The van der Waals surface area contributed by atoms with Crippen LogP contribution >= 0.6 is 12.2 Å². The summed E-state index contributed by atoms with van der Waals surface area (Å²) in [6.45, 7) is -0.493. The molecule has 2 aromatic heterocycles. The SMILES string of the molecule is FC(F)Cn1c(-c2ccnnc2)n[nH]c1=S. The van der Waals surface area contributed by atoms with Gasteiger partial charge in [-0.3, -0.25) is 9.67 Å². The first-order valence-corrected chi connectivity index (χ1v) is 4.79. The second-order valence-electron chi connectivity index (χ2n) is 2.99. The molecule has 0 saturated carbocycles. The molecule has 1 N–H and O–H groups in total. The van der Waals surface area contributed by atoms with Crippen LogP contribution in [-0.2, 0) is 6.54 Å². The first kappa shape index (κ1) is 10.8. The maximum Gasteiger partial charge on any atom is 0.256 e. The van der Waals surface area contributed by atoms with Crippen LogP contribution in [0, 0.1) is 4.77 Å². The number of hydrogen-bond acceptors (Lipinski definition) is 4. The molecule has 0 fully saturated rings. The molecule has 2 aromatic rings. The van der Waals surface area contributed by atoms with Crippen molar-refractivity contribution in [2.75, 3.05) is 0 Å². The number of alkyl halides is 2. The second kappa shape index (κ2) is 4.44. The molecule has 0 amide bonds. The first-order chi connectivity index (χ1) is 7.68. The number of nitrogens with zero attached hydrogens (tertiary/aromatic N) is 4. The van der Waals surface area contributed by atoms with Crippen molar-refractivity contribution in [3.8, 4) is 11.4 Å². The summed E-state index contributed by atoms with van der Waals surface area (Å²) in [7, 11) is 0. The molecule has 0 aromatic carbocycles. The third kappa shape index (κ3) is 2.11. The molecule has 0 bridgehead atoms. The van der Waals surface area contributed by atoms with E-state index in [4.69, 9.17) is 12.2 Å². The molecule has 16 heavy (non-hydrogen) atoms. The van der Waals surface area contributed by atoms with Crippen molar-refractivity contribution in [1.29, 1.82) is 0 Å². The number of rotatable bonds is 3. The Hall–Kier alpha value is -1.70. The van der Waals surface area contributed by atoms with Crippen LogP contribution in [0.5, 0.6) is 0 Å². The van der Waals surface area contributed by atoms with E-state index in [9.17, 15) is 8.78 Å². The average Bonchev–Trinajstić information content (AvgIpc) is 2.61. The predicted molar refractivity (Wildman–Crippen MR) is 54.4 cm³/mol. The molecule has 0 radical (unpaired) electrons. The Labute approximate surface area is 94.1 Å². The van der Waals surface area contributed by atoms with Crippen LogP contribution in [0.15, 0.2) is 18.5 Å². The molecule has 0 aliphatic carbocycles. The Morgan fingerprint density at radius 1 is 1.44 bits per heavy atom. The van der Waals surface area contributed by atoms with E-state index in [1.807, 2.05) is 0 Å². The van der Waals surface area contributed by atoms with Gasteiger partial charge in [-0.2, -0.15) is 15.3 Å². The second-order valence-corrected chi connectivity index (χ2v) is 3.37. The van der Waals surface area contributed by atoms with Gasteiger partial charge in [0.1, 0.15) is 0 Å². The molecule has 2 rings (SSSR count). The van der Waals surface area contributed by atoms with Gasteiger partial charge in [0.05, 0.1) is 18.9 Å². The van der Waals surface area contributed by atoms with Crippen molar-refractivity contribution < 1.29 is 8.78 Å². The molecule has 0 aliphatic heterocycles. The highest BCUT2D eigenvalue weighted by atomic mass is 32.1. The monoisotopic (exact) mass is 243 g/mol. The largest absolute Gasteiger partial charge is 0.294 e. The van der Waals surface area contributed by atoms with Gasteiger partial charge >= 0.3 is 0 Å². The molecule has 0 unspecified atom stereocenters. The minimum Gasteiger partial charge on any atom is -0.294 e. The van der Waals surface area contributed by atoms with E-state index in [0.29, 0.717) is 11.4 Å². The average molecular weight is 243 g/mol. The van der Waals surface area contributed by atoms with Gasteiger partial charge in [-0.05, 0) is 18.3 Å². The third-order valence-corrected chi connectivity index (χ3v) is 2.23. The molecular weight excluding hydrogens is 236 g/mol. The summed E-state index contributed by atoms with van der Waals surface area (Å²) in [5.74, 6) is 0.334. The number of nitrogens with one attached hydrogen (secondary N) is 1. The van der Waals surface area contributed by atoms with Crippen molar-refractivity contribution in [2.24, 2.45) is 0 Å². The van der Waals surface area contributed by atoms with Gasteiger partial charge in [-0.15, -0.1) is 0 Å². The van der Waals surface area contributed by atoms with E-state index in [1.54, 1.807) is 6.07 Å². The summed E-state index contributed by atoms with van der Waals surface area (Å²) in [6, 6.07) is 1.62. The molecule has 0 atom stereocenters. The molecule has 84 valence electrons. The van der Waals surface area contributed by atoms with Crippen LogP contribution < -0.4 is 0 Å². The minimum atomic E-state index is -2.49. The highest BCUT2D eigenvalue weighted by Crippen LogP contribution is 2.16. The maximum atomic E-state index is 12.3. The Balaban J connectivity index is 2.46. The van der Waals surface area contributed by atoms with Crippen LogP contribution in [0.1, 0.15) is 0 Å². The highest BCUT2D eigenvalue weighted by molar-refractivity contribution is 7.71. The van der Waals surface area contributed by atoms with Gasteiger partial charge < -0.3 is 0 Å². The zero-order valence-corrected chi connectivity index (χ0v) is 8.79. The van der Waals surface area contributed by atoms with Crippen molar-refractivity contribution in [1.82, 2.24) is 25.0 Å². The van der Waals surface area contributed by atoms with Gasteiger partial charge in [0.25, 0.3) is 6.43 Å². The van der Waals surface area contributed by atoms with Crippen molar-refractivity contribution >= 4 is 12.2 Å². The molecule has 0 saturated heterocycles. The molecule has 0 aliphatic rings. The molecule has 8 heteroatoms. The fraction of sp³-hybridized carbons (Fsp3) is 0.250. The van der Waals surface area contributed by atoms with Crippen molar-refractivity contribution in [3.05, 3.63) is 23.2 Å². The number of H-pyrrole nitrogens is 1. The summed E-state index contributed by atoms with van der Waals surface area (Å²) in [6.07, 6.45) is 0.407. The van der Waals surface area contributed by atoms with E-state index in [0.717, 1.165) is 0 Å². The summed E-state index contributed by atoms with van der Waals surface area (Å²) in [5.41, 5.74) is 0.586. The van der Waals surface area contributed by atoms with Crippen LogP contribution in [0.3, 0.4) is 0 Å². The third-order valence-electron chi connectivity index (χ3n) is 1.92. The van der Waals surface area contributed by atoms with Gasteiger partial charge in [0, 0.05) is 5.56 Å². The lowest BCUT2D eigenvalue weighted by atomic mass is 10.3. The maximum absolute atomic E-state index is 12.3. The van der Waals surface area contributed by atoms with Gasteiger partial charge in [-0.25, -0.2) is 8.78 Å². The number of aromatic nitrogens is 5. The normalized spacial score (nSPS) is 10.9. The predicted octanol–water partition coefficient (Wildman–Crippen LogP) is 1.66. The lowest BCUT2D eigenvalue weighted by Gasteiger charge is -2.04. The number of aromatic amines is 1. The zero-order chi connectivity index (χ0) is 11.5. The van der Waals surface area contributed by atoms with E-state index in [2.05, 4.69) is 20.4 Å². The summed E-state index contributed by atoms with van der Waals surface area (Å²) in [4.78, 5) is 0. The van der Waals surface area contributed by atoms with E-state index < -0.39 is 13.0 Å². The topological polar surface area (TPSA) is 59.4 Å². The fourth-order valence-corrected chi connectivity index (χ4v) is 1.48. The summed E-state index contributed by atoms with van der Waals surface area (Å²) < 4.78 is 26.1. The van der Waals surface area contributed by atoms with E-state index in [-0.39, 0.29) is 4.77 Å².